The van der Waals surface area contributed by atoms with Crippen LogP contribution in [0.25, 0.3) is 81.7 Å². The fraction of sp³-hybridized carbons (Fsp3) is 0.157. The molecule has 3 heteroatoms. The van der Waals surface area contributed by atoms with Crippen molar-refractivity contribution in [3.63, 3.8) is 0 Å². The molecular formula is C51H44N2S. The molecule has 0 aliphatic rings. The van der Waals surface area contributed by atoms with Gasteiger partial charge in [-0.2, -0.15) is 0 Å². The molecule has 0 radical (unpaired) electrons. The first-order chi connectivity index (χ1) is 26.0. The summed E-state index contributed by atoms with van der Waals surface area (Å²) >= 11 is 1.89. The van der Waals surface area contributed by atoms with Gasteiger partial charge in [0, 0.05) is 37.0 Å². The average Bonchev–Trinajstić information content (AvgIpc) is 3.76. The van der Waals surface area contributed by atoms with E-state index in [9.17, 15) is 0 Å². The molecule has 54 heavy (non-hydrogen) atoms. The SMILES string of the molecule is CC(C)(C)c1ccc(-c2ccc3sc4c(-c5ccc(-c6nc7ccccc7n6-c6ccccc6)cc5)cc(-c5ccc(C(C)(C)C)cc5)cc4c3c2)cc1. The Hall–Kier alpha value is -5.77. The second-order valence-corrected chi connectivity index (χ2v) is 17.6. The average molecular weight is 717 g/mol. The van der Waals surface area contributed by atoms with Crippen molar-refractivity contribution in [3.8, 4) is 50.5 Å². The molecule has 7 aromatic carbocycles. The summed E-state index contributed by atoms with van der Waals surface area (Å²) < 4.78 is 4.88. The van der Waals surface area contributed by atoms with Crippen molar-refractivity contribution in [1.82, 2.24) is 9.55 Å². The zero-order chi connectivity index (χ0) is 37.2. The second-order valence-electron chi connectivity index (χ2n) is 16.5. The predicted octanol–water partition coefficient (Wildman–Crippen LogP) is 14.7. The van der Waals surface area contributed by atoms with Crippen LogP contribution < -0.4 is 0 Å². The Morgan fingerprint density at radius 2 is 1.00 bits per heavy atom. The van der Waals surface area contributed by atoms with E-state index in [1.807, 2.05) is 11.3 Å². The summed E-state index contributed by atoms with van der Waals surface area (Å²) in [5.74, 6) is 0.941. The first kappa shape index (κ1) is 34.0. The third-order valence-corrected chi connectivity index (χ3v) is 12.0. The number of para-hydroxylation sites is 3. The zero-order valence-electron chi connectivity index (χ0n) is 31.8. The molecule has 0 amide bonds. The quantitative estimate of drug-likeness (QED) is 0.173. The van der Waals surface area contributed by atoms with E-state index in [0.717, 1.165) is 28.1 Å². The smallest absolute Gasteiger partial charge is 0.145 e. The first-order valence-electron chi connectivity index (χ1n) is 18.9. The van der Waals surface area contributed by atoms with E-state index in [2.05, 4.69) is 204 Å². The van der Waals surface area contributed by atoms with E-state index in [1.165, 1.54) is 64.7 Å². The number of imidazole rings is 1. The van der Waals surface area contributed by atoms with Crippen molar-refractivity contribution in [1.29, 1.82) is 0 Å². The maximum absolute atomic E-state index is 5.13. The topological polar surface area (TPSA) is 17.8 Å². The minimum atomic E-state index is 0.0987. The molecule has 0 unspecified atom stereocenters. The summed E-state index contributed by atoms with van der Waals surface area (Å²) in [5.41, 5.74) is 14.6. The highest BCUT2D eigenvalue weighted by Gasteiger charge is 2.19. The lowest BCUT2D eigenvalue weighted by atomic mass is 9.86. The first-order valence-corrected chi connectivity index (χ1v) is 19.7. The molecule has 2 nitrogen and oxygen atoms in total. The molecule has 0 aliphatic heterocycles. The number of rotatable bonds is 5. The molecule has 0 atom stereocenters. The Morgan fingerprint density at radius 3 is 1.65 bits per heavy atom. The van der Waals surface area contributed by atoms with Gasteiger partial charge < -0.3 is 0 Å². The summed E-state index contributed by atoms with van der Waals surface area (Å²) in [6, 6.07) is 58.0. The van der Waals surface area contributed by atoms with Crippen molar-refractivity contribution in [2.24, 2.45) is 0 Å². The minimum absolute atomic E-state index is 0.0987. The number of hydrogen-bond acceptors (Lipinski definition) is 2. The van der Waals surface area contributed by atoms with E-state index in [0.29, 0.717) is 0 Å². The standard InChI is InChI=1S/C51H44N2S/c1-50(2,3)39-25-20-33(21-26-39)37-24-29-47-43(30-37)44-32-38(34-22-27-40(28-23-34)51(4,5)6)31-42(48(44)54-47)35-16-18-36(19-17-35)49-52-45-14-10-11-15-46(45)53(49)41-12-8-7-9-13-41/h7-32H,1-6H3. The van der Waals surface area contributed by atoms with E-state index in [1.54, 1.807) is 0 Å². The Balaban J connectivity index is 1.20. The predicted molar refractivity (Wildman–Crippen MR) is 233 cm³/mol. The van der Waals surface area contributed by atoms with Crippen LogP contribution in [0.2, 0.25) is 0 Å². The largest absolute Gasteiger partial charge is 0.292 e. The van der Waals surface area contributed by atoms with Gasteiger partial charge in [-0.25, -0.2) is 4.98 Å². The maximum atomic E-state index is 5.13. The Bertz CT molecular complexity index is 2790. The molecule has 2 heterocycles. The Labute approximate surface area is 322 Å². The molecule has 0 saturated heterocycles. The van der Waals surface area contributed by atoms with Crippen LogP contribution >= 0.6 is 11.3 Å². The highest BCUT2D eigenvalue weighted by atomic mass is 32.1. The van der Waals surface area contributed by atoms with Gasteiger partial charge in [0.25, 0.3) is 0 Å². The number of hydrogen-bond donors (Lipinski definition) is 0. The van der Waals surface area contributed by atoms with Gasteiger partial charge in [0.2, 0.25) is 0 Å². The molecule has 9 rings (SSSR count). The van der Waals surface area contributed by atoms with Crippen LogP contribution in [0.1, 0.15) is 52.7 Å². The van der Waals surface area contributed by atoms with E-state index < -0.39 is 0 Å². The molecule has 2 aromatic heterocycles. The number of benzene rings is 7. The Morgan fingerprint density at radius 1 is 0.463 bits per heavy atom. The third kappa shape index (κ3) is 6.13. The molecule has 9 aromatic rings. The Kier molecular flexibility index (Phi) is 8.17. The van der Waals surface area contributed by atoms with Gasteiger partial charge in [0.15, 0.2) is 0 Å². The van der Waals surface area contributed by atoms with Gasteiger partial charge in [-0.3, -0.25) is 4.57 Å². The fourth-order valence-electron chi connectivity index (χ4n) is 7.62. The van der Waals surface area contributed by atoms with Crippen LogP contribution in [0.5, 0.6) is 0 Å². The number of nitrogens with zero attached hydrogens (tertiary/aromatic N) is 2. The van der Waals surface area contributed by atoms with Gasteiger partial charge >= 0.3 is 0 Å². The highest BCUT2D eigenvalue weighted by Crippen LogP contribution is 2.44. The molecule has 0 N–H and O–H groups in total. The molecule has 0 aliphatic carbocycles. The van der Waals surface area contributed by atoms with Crippen LogP contribution in [-0.2, 0) is 10.8 Å². The fourth-order valence-corrected chi connectivity index (χ4v) is 8.82. The molecule has 264 valence electrons. The van der Waals surface area contributed by atoms with E-state index in [-0.39, 0.29) is 10.8 Å². The maximum Gasteiger partial charge on any atom is 0.145 e. The van der Waals surface area contributed by atoms with E-state index >= 15 is 0 Å². The van der Waals surface area contributed by atoms with Crippen LogP contribution in [0.15, 0.2) is 158 Å². The lowest BCUT2D eigenvalue weighted by molar-refractivity contribution is 0.590. The third-order valence-electron chi connectivity index (χ3n) is 10.8. The summed E-state index contributed by atoms with van der Waals surface area (Å²) in [4.78, 5) is 5.13. The van der Waals surface area contributed by atoms with Crippen LogP contribution in [0, 0.1) is 0 Å². The van der Waals surface area contributed by atoms with E-state index in [4.69, 9.17) is 4.98 Å². The number of thiophene rings is 1. The van der Waals surface area contributed by atoms with Crippen molar-refractivity contribution in [3.05, 3.63) is 169 Å². The lowest BCUT2D eigenvalue weighted by Gasteiger charge is -2.19. The summed E-state index contributed by atoms with van der Waals surface area (Å²) in [5, 5.41) is 2.60. The second kappa shape index (κ2) is 13.0. The van der Waals surface area contributed by atoms with Crippen molar-refractivity contribution < 1.29 is 0 Å². The van der Waals surface area contributed by atoms with Crippen molar-refractivity contribution in [2.45, 2.75) is 52.4 Å². The van der Waals surface area contributed by atoms with Crippen LogP contribution in [0.4, 0.5) is 0 Å². The molecule has 0 saturated carbocycles. The zero-order valence-corrected chi connectivity index (χ0v) is 32.6. The van der Waals surface area contributed by atoms with Gasteiger partial charge in [0.1, 0.15) is 5.82 Å². The molecule has 0 spiro atoms. The highest BCUT2D eigenvalue weighted by molar-refractivity contribution is 7.26. The minimum Gasteiger partial charge on any atom is -0.292 e. The van der Waals surface area contributed by atoms with Gasteiger partial charge in [-0.15, -0.1) is 11.3 Å². The van der Waals surface area contributed by atoms with Gasteiger partial charge in [-0.05, 0) is 98.3 Å². The molecule has 0 bridgehead atoms. The summed E-state index contributed by atoms with van der Waals surface area (Å²) in [6.07, 6.45) is 0. The van der Waals surface area contributed by atoms with Gasteiger partial charge in [0.05, 0.1) is 11.0 Å². The van der Waals surface area contributed by atoms with Crippen LogP contribution in [0.3, 0.4) is 0 Å². The lowest BCUT2D eigenvalue weighted by Crippen LogP contribution is -2.10. The normalized spacial score (nSPS) is 12.3. The summed E-state index contributed by atoms with van der Waals surface area (Å²) in [7, 11) is 0. The number of fused-ring (bicyclic) bond motifs is 4. The molecule has 0 fully saturated rings. The van der Waals surface area contributed by atoms with Crippen molar-refractivity contribution >= 4 is 42.5 Å². The summed E-state index contributed by atoms with van der Waals surface area (Å²) in [6.45, 7) is 13.6. The molecular weight excluding hydrogens is 673 g/mol. The monoisotopic (exact) mass is 716 g/mol. The van der Waals surface area contributed by atoms with Crippen molar-refractivity contribution in [2.75, 3.05) is 0 Å². The number of aromatic nitrogens is 2. The van der Waals surface area contributed by atoms with Crippen LogP contribution in [-0.4, -0.2) is 9.55 Å². The van der Waals surface area contributed by atoms with Gasteiger partial charge in [-0.1, -0.05) is 151 Å².